The summed E-state index contributed by atoms with van der Waals surface area (Å²) in [7, 11) is -1.12. The molecule has 0 N–H and O–H groups in total. The highest BCUT2D eigenvalue weighted by molar-refractivity contribution is 7.88. The number of benzene rings is 2. The maximum Gasteiger partial charge on any atom is 0.0778 e. The molecule has 1 fully saturated rings. The highest BCUT2D eigenvalue weighted by Crippen LogP contribution is 2.25. The summed E-state index contributed by atoms with van der Waals surface area (Å²) in [6.07, 6.45) is 7.15. The molecule has 2 atom stereocenters. The van der Waals surface area contributed by atoms with Crippen LogP contribution in [0.2, 0.25) is 0 Å². The summed E-state index contributed by atoms with van der Waals surface area (Å²) in [5.41, 5.74) is 3.52. The summed E-state index contributed by atoms with van der Waals surface area (Å²) < 4.78 is 18.7. The fourth-order valence-corrected chi connectivity index (χ4v) is 4.40. The number of rotatable bonds is 7. The van der Waals surface area contributed by atoms with Gasteiger partial charge in [0.25, 0.3) is 0 Å². The standard InChI is InChI=1S/C23H28O2S/c1-19-13-15-23(16-14-19)26(24)18-21(20-8-3-2-4-9-20)10-7-12-22-11-5-6-17-25-22/h2-4,8-9,13-16,18,22H,5-7,10-12,17H2,1H3/b21-18+/t22?,26-/m1/s1. The van der Waals surface area contributed by atoms with Gasteiger partial charge >= 0.3 is 0 Å². The average molecular weight is 369 g/mol. The molecule has 1 unspecified atom stereocenters. The van der Waals surface area contributed by atoms with Gasteiger partial charge in [0.1, 0.15) is 0 Å². The highest BCUT2D eigenvalue weighted by Gasteiger charge is 2.14. The molecule has 1 heterocycles. The number of hydrogen-bond acceptors (Lipinski definition) is 2. The van der Waals surface area contributed by atoms with Crippen LogP contribution < -0.4 is 0 Å². The van der Waals surface area contributed by atoms with Crippen LogP contribution in [0.1, 0.15) is 49.7 Å². The lowest BCUT2D eigenvalue weighted by atomic mass is 9.98. The van der Waals surface area contributed by atoms with E-state index in [0.29, 0.717) is 6.10 Å². The zero-order valence-corrected chi connectivity index (χ0v) is 16.3. The lowest BCUT2D eigenvalue weighted by molar-refractivity contribution is 0.0104. The largest absolute Gasteiger partial charge is 0.378 e. The molecular formula is C23H28O2S. The summed E-state index contributed by atoms with van der Waals surface area (Å²) in [4.78, 5) is 0.861. The second-order valence-corrected chi connectivity index (χ2v) is 8.30. The summed E-state index contributed by atoms with van der Waals surface area (Å²) in [6.45, 7) is 2.95. The lowest BCUT2D eigenvalue weighted by Gasteiger charge is -2.22. The quantitative estimate of drug-likeness (QED) is 0.610. The topological polar surface area (TPSA) is 26.3 Å². The Labute approximate surface area is 159 Å². The highest BCUT2D eigenvalue weighted by atomic mass is 32.2. The molecule has 1 aliphatic rings. The van der Waals surface area contributed by atoms with Gasteiger partial charge in [0.05, 0.1) is 16.9 Å². The van der Waals surface area contributed by atoms with E-state index in [9.17, 15) is 4.21 Å². The normalized spacial score (nSPS) is 19.3. The van der Waals surface area contributed by atoms with Crippen molar-refractivity contribution in [2.75, 3.05) is 6.61 Å². The van der Waals surface area contributed by atoms with E-state index in [1.54, 1.807) is 0 Å². The minimum atomic E-state index is -1.12. The minimum absolute atomic E-state index is 0.406. The maximum absolute atomic E-state index is 12.8. The van der Waals surface area contributed by atoms with E-state index in [2.05, 4.69) is 12.1 Å². The van der Waals surface area contributed by atoms with Crippen LogP contribution in [-0.4, -0.2) is 16.9 Å². The second kappa shape index (κ2) is 9.84. The first-order valence-corrected chi connectivity index (χ1v) is 10.8. The van der Waals surface area contributed by atoms with E-state index in [1.165, 1.54) is 30.4 Å². The van der Waals surface area contributed by atoms with Gasteiger partial charge < -0.3 is 4.74 Å². The van der Waals surface area contributed by atoms with Gasteiger partial charge in [-0.05, 0) is 68.7 Å². The number of aryl methyl sites for hydroxylation is 1. The third kappa shape index (κ3) is 5.65. The summed E-state index contributed by atoms with van der Waals surface area (Å²) in [5.74, 6) is 0. The Hall–Kier alpha value is -1.71. The molecule has 0 radical (unpaired) electrons. The Bertz CT molecular complexity index is 729. The number of hydrogen-bond donors (Lipinski definition) is 0. The van der Waals surface area contributed by atoms with Crippen molar-refractivity contribution < 1.29 is 8.95 Å². The van der Waals surface area contributed by atoms with Crippen LogP contribution in [-0.2, 0) is 15.5 Å². The number of allylic oxidation sites excluding steroid dienone is 1. The molecule has 2 nitrogen and oxygen atoms in total. The molecule has 138 valence electrons. The molecule has 1 aliphatic heterocycles. The Balaban J connectivity index is 1.70. The number of ether oxygens (including phenoxy) is 1. The van der Waals surface area contributed by atoms with Crippen LogP contribution in [0.5, 0.6) is 0 Å². The predicted molar refractivity (Wildman–Crippen MR) is 109 cm³/mol. The van der Waals surface area contributed by atoms with Gasteiger partial charge in [0.2, 0.25) is 0 Å². The minimum Gasteiger partial charge on any atom is -0.378 e. The summed E-state index contributed by atoms with van der Waals surface area (Å²) in [5, 5.41) is 1.93. The molecule has 2 aromatic rings. The molecule has 3 rings (SSSR count). The average Bonchev–Trinajstić information content (AvgIpc) is 2.69. The van der Waals surface area contributed by atoms with Crippen LogP contribution in [0.15, 0.2) is 64.9 Å². The monoisotopic (exact) mass is 368 g/mol. The van der Waals surface area contributed by atoms with Crippen LogP contribution in [0.4, 0.5) is 0 Å². The van der Waals surface area contributed by atoms with Gasteiger partial charge in [-0.3, -0.25) is 0 Å². The lowest BCUT2D eigenvalue weighted by Crippen LogP contribution is -2.18. The molecule has 0 amide bonds. The van der Waals surface area contributed by atoms with Crippen molar-refractivity contribution in [3.63, 3.8) is 0 Å². The van der Waals surface area contributed by atoms with E-state index in [-0.39, 0.29) is 0 Å². The first kappa shape index (κ1) is 19.1. The van der Waals surface area contributed by atoms with Crippen molar-refractivity contribution in [1.82, 2.24) is 0 Å². The molecule has 0 bridgehead atoms. The van der Waals surface area contributed by atoms with Gasteiger partial charge in [-0.2, -0.15) is 0 Å². The fraction of sp³-hybridized carbons (Fsp3) is 0.391. The van der Waals surface area contributed by atoms with Crippen LogP contribution in [0, 0.1) is 6.92 Å². The van der Waals surface area contributed by atoms with E-state index < -0.39 is 10.8 Å². The summed E-state index contributed by atoms with van der Waals surface area (Å²) in [6, 6.07) is 18.3. The summed E-state index contributed by atoms with van der Waals surface area (Å²) >= 11 is 0. The smallest absolute Gasteiger partial charge is 0.0778 e. The molecule has 0 aliphatic carbocycles. The van der Waals surface area contributed by atoms with Crippen molar-refractivity contribution in [2.24, 2.45) is 0 Å². The van der Waals surface area contributed by atoms with Gasteiger partial charge in [0.15, 0.2) is 0 Å². The second-order valence-electron chi connectivity index (χ2n) is 7.00. The van der Waals surface area contributed by atoms with Crippen molar-refractivity contribution in [3.8, 4) is 0 Å². The molecular weight excluding hydrogens is 340 g/mol. The van der Waals surface area contributed by atoms with E-state index >= 15 is 0 Å². The van der Waals surface area contributed by atoms with Gasteiger partial charge in [-0.1, -0.05) is 48.0 Å². The van der Waals surface area contributed by atoms with E-state index in [0.717, 1.165) is 36.3 Å². The zero-order valence-electron chi connectivity index (χ0n) is 15.5. The third-order valence-corrected chi connectivity index (χ3v) is 6.13. The first-order valence-electron chi connectivity index (χ1n) is 9.57. The van der Waals surface area contributed by atoms with Crippen LogP contribution in [0.25, 0.3) is 5.57 Å². The molecule has 26 heavy (non-hydrogen) atoms. The first-order chi connectivity index (χ1) is 12.7. The zero-order chi connectivity index (χ0) is 18.2. The van der Waals surface area contributed by atoms with Gasteiger partial charge in [-0.25, -0.2) is 4.21 Å². The predicted octanol–water partition coefficient (Wildman–Crippen LogP) is 5.88. The molecule has 0 spiro atoms. The Morgan fingerprint density at radius 3 is 2.58 bits per heavy atom. The SMILES string of the molecule is Cc1ccc([S@](=O)/C=C(\CCCC2CCCCO2)c2ccccc2)cc1. The maximum atomic E-state index is 12.8. The third-order valence-electron chi connectivity index (χ3n) is 4.89. The van der Waals surface area contributed by atoms with E-state index in [1.807, 2.05) is 54.8 Å². The Kier molecular flexibility index (Phi) is 7.22. The molecule has 0 aromatic heterocycles. The Morgan fingerprint density at radius 1 is 1.12 bits per heavy atom. The molecule has 2 aromatic carbocycles. The molecule has 0 saturated carbocycles. The van der Waals surface area contributed by atoms with Gasteiger partial charge in [-0.15, -0.1) is 0 Å². The molecule has 1 saturated heterocycles. The van der Waals surface area contributed by atoms with Crippen molar-refractivity contribution >= 4 is 16.4 Å². The fourth-order valence-electron chi connectivity index (χ4n) is 3.35. The van der Waals surface area contributed by atoms with Crippen LogP contribution >= 0.6 is 0 Å². The van der Waals surface area contributed by atoms with Crippen molar-refractivity contribution in [1.29, 1.82) is 0 Å². The Morgan fingerprint density at radius 2 is 1.88 bits per heavy atom. The van der Waals surface area contributed by atoms with Crippen molar-refractivity contribution in [3.05, 3.63) is 71.1 Å². The van der Waals surface area contributed by atoms with Crippen molar-refractivity contribution in [2.45, 2.75) is 56.4 Å². The molecule has 3 heteroatoms. The van der Waals surface area contributed by atoms with Gasteiger partial charge in [0, 0.05) is 16.9 Å². The van der Waals surface area contributed by atoms with Crippen LogP contribution in [0.3, 0.4) is 0 Å². The van der Waals surface area contributed by atoms with E-state index in [4.69, 9.17) is 4.74 Å².